The van der Waals surface area contributed by atoms with Crippen LogP contribution in [0, 0.1) is 5.41 Å². The lowest BCUT2D eigenvalue weighted by Gasteiger charge is -2.20. The third-order valence-corrected chi connectivity index (χ3v) is 5.20. The van der Waals surface area contributed by atoms with E-state index in [1.54, 1.807) is 0 Å². The minimum Gasteiger partial charge on any atom is -0.464 e. The molecule has 1 spiro atoms. The van der Waals surface area contributed by atoms with Crippen LogP contribution in [0.2, 0.25) is 0 Å². The van der Waals surface area contributed by atoms with E-state index in [1.165, 1.54) is 47.9 Å². The number of hydrogen-bond donors (Lipinski definition) is 1. The van der Waals surface area contributed by atoms with Crippen molar-refractivity contribution in [1.82, 2.24) is 5.32 Å². The Morgan fingerprint density at radius 2 is 2.05 bits per heavy atom. The fourth-order valence-electron chi connectivity index (χ4n) is 4.08. The molecule has 1 aliphatic carbocycles. The van der Waals surface area contributed by atoms with Crippen LogP contribution >= 0.6 is 0 Å². The van der Waals surface area contributed by atoms with E-state index in [1.807, 2.05) is 6.26 Å². The standard InChI is InChI=1S/C18H23NO/c1-17(2,3)15-10-20-16-13(15)5-4-12-8-18(9-14(12)16)6-7-19-11-18/h4-5,10,19H,6-9,11H2,1-3H3. The maximum atomic E-state index is 6.00. The molecular formula is C18H23NO. The van der Waals surface area contributed by atoms with Crippen LogP contribution in [0.5, 0.6) is 0 Å². The molecule has 0 amide bonds. The van der Waals surface area contributed by atoms with E-state index in [0.29, 0.717) is 5.41 Å². The molecule has 20 heavy (non-hydrogen) atoms. The van der Waals surface area contributed by atoms with Gasteiger partial charge >= 0.3 is 0 Å². The Labute approximate surface area is 120 Å². The van der Waals surface area contributed by atoms with Crippen molar-refractivity contribution in [2.24, 2.45) is 5.41 Å². The van der Waals surface area contributed by atoms with Crippen LogP contribution in [-0.4, -0.2) is 13.1 Å². The number of nitrogens with one attached hydrogen (secondary N) is 1. The molecule has 1 saturated heterocycles. The van der Waals surface area contributed by atoms with E-state index >= 15 is 0 Å². The van der Waals surface area contributed by atoms with Gasteiger partial charge < -0.3 is 9.73 Å². The molecule has 1 fully saturated rings. The largest absolute Gasteiger partial charge is 0.464 e. The number of fused-ring (bicyclic) bond motifs is 3. The van der Waals surface area contributed by atoms with Gasteiger partial charge in [0.15, 0.2) is 0 Å². The molecule has 2 aliphatic rings. The lowest BCUT2D eigenvalue weighted by molar-refractivity contribution is 0.345. The lowest BCUT2D eigenvalue weighted by Crippen LogP contribution is -2.24. The van der Waals surface area contributed by atoms with Gasteiger partial charge in [0.05, 0.1) is 6.26 Å². The zero-order valence-electron chi connectivity index (χ0n) is 12.7. The third kappa shape index (κ3) is 1.67. The molecular weight excluding hydrogens is 246 g/mol. The molecule has 1 N–H and O–H groups in total. The number of furan rings is 1. The first-order valence-corrected chi connectivity index (χ1v) is 7.72. The zero-order valence-corrected chi connectivity index (χ0v) is 12.7. The Balaban J connectivity index is 1.85. The number of rotatable bonds is 0. The summed E-state index contributed by atoms with van der Waals surface area (Å²) in [6, 6.07) is 4.62. The Morgan fingerprint density at radius 1 is 1.20 bits per heavy atom. The first kappa shape index (κ1) is 12.5. The number of hydrogen-bond acceptors (Lipinski definition) is 2. The number of benzene rings is 1. The van der Waals surface area contributed by atoms with Gasteiger partial charge in [-0.2, -0.15) is 0 Å². The molecule has 1 atom stereocenters. The van der Waals surface area contributed by atoms with E-state index in [4.69, 9.17) is 4.42 Å². The van der Waals surface area contributed by atoms with Crippen molar-refractivity contribution >= 4 is 11.0 Å². The fraction of sp³-hybridized carbons (Fsp3) is 0.556. The van der Waals surface area contributed by atoms with Gasteiger partial charge in [-0.3, -0.25) is 0 Å². The summed E-state index contributed by atoms with van der Waals surface area (Å²) in [5.74, 6) is 0. The highest BCUT2D eigenvalue weighted by Crippen LogP contribution is 2.45. The minimum absolute atomic E-state index is 0.144. The molecule has 2 nitrogen and oxygen atoms in total. The van der Waals surface area contributed by atoms with Gasteiger partial charge in [-0.15, -0.1) is 0 Å². The molecule has 1 aromatic heterocycles. The van der Waals surface area contributed by atoms with Crippen LogP contribution in [0.25, 0.3) is 11.0 Å². The van der Waals surface area contributed by atoms with Crippen molar-refractivity contribution in [2.75, 3.05) is 13.1 Å². The van der Waals surface area contributed by atoms with Gasteiger partial charge in [0.25, 0.3) is 0 Å². The molecule has 4 rings (SSSR count). The predicted octanol–water partition coefficient (Wildman–Crippen LogP) is 3.81. The lowest BCUT2D eigenvalue weighted by atomic mass is 9.84. The molecule has 1 aliphatic heterocycles. The summed E-state index contributed by atoms with van der Waals surface area (Å²) in [7, 11) is 0. The normalized spacial score (nSPS) is 25.8. The van der Waals surface area contributed by atoms with E-state index in [2.05, 4.69) is 38.2 Å². The average molecular weight is 269 g/mol. The second-order valence-electron chi connectivity index (χ2n) is 7.76. The SMILES string of the molecule is CC(C)(C)c1coc2c3c(ccc12)CC1(CCNC1)C3. The average Bonchev–Trinajstić information content (AvgIpc) is 3.06. The molecule has 2 heteroatoms. The Bertz CT molecular complexity index is 669. The van der Waals surface area contributed by atoms with E-state index in [-0.39, 0.29) is 5.41 Å². The van der Waals surface area contributed by atoms with Gasteiger partial charge in [0.2, 0.25) is 0 Å². The Hall–Kier alpha value is -1.28. The molecule has 0 saturated carbocycles. The highest BCUT2D eigenvalue weighted by molar-refractivity contribution is 5.86. The van der Waals surface area contributed by atoms with Crippen LogP contribution in [0.4, 0.5) is 0 Å². The maximum absolute atomic E-state index is 6.00. The van der Waals surface area contributed by atoms with Crippen molar-refractivity contribution in [2.45, 2.75) is 45.4 Å². The highest BCUT2D eigenvalue weighted by Gasteiger charge is 2.41. The van der Waals surface area contributed by atoms with Crippen LogP contribution in [0.3, 0.4) is 0 Å². The Morgan fingerprint density at radius 3 is 2.75 bits per heavy atom. The summed E-state index contributed by atoms with van der Waals surface area (Å²) in [6.07, 6.45) is 5.68. The molecule has 1 unspecified atom stereocenters. The van der Waals surface area contributed by atoms with Gasteiger partial charge in [-0.05, 0) is 47.8 Å². The topological polar surface area (TPSA) is 25.2 Å². The van der Waals surface area contributed by atoms with E-state index in [9.17, 15) is 0 Å². The van der Waals surface area contributed by atoms with E-state index < -0.39 is 0 Å². The van der Waals surface area contributed by atoms with Crippen molar-refractivity contribution in [3.05, 3.63) is 35.1 Å². The highest BCUT2D eigenvalue weighted by atomic mass is 16.3. The maximum Gasteiger partial charge on any atom is 0.137 e. The molecule has 2 heterocycles. The fourth-order valence-corrected chi connectivity index (χ4v) is 4.08. The minimum atomic E-state index is 0.144. The van der Waals surface area contributed by atoms with Crippen LogP contribution < -0.4 is 5.32 Å². The van der Waals surface area contributed by atoms with Crippen molar-refractivity contribution in [3.63, 3.8) is 0 Å². The Kier molecular flexibility index (Phi) is 2.42. The quantitative estimate of drug-likeness (QED) is 0.786. The van der Waals surface area contributed by atoms with Gasteiger partial charge in [0.1, 0.15) is 5.58 Å². The molecule has 106 valence electrons. The summed E-state index contributed by atoms with van der Waals surface area (Å²) in [5, 5.41) is 4.86. The van der Waals surface area contributed by atoms with Gasteiger partial charge in [0, 0.05) is 17.5 Å². The summed E-state index contributed by atoms with van der Waals surface area (Å²) in [4.78, 5) is 0. The van der Waals surface area contributed by atoms with Crippen LogP contribution in [0.1, 0.15) is 43.9 Å². The second-order valence-corrected chi connectivity index (χ2v) is 7.76. The zero-order chi connectivity index (χ0) is 14.0. The predicted molar refractivity (Wildman–Crippen MR) is 82.2 cm³/mol. The smallest absolute Gasteiger partial charge is 0.137 e. The van der Waals surface area contributed by atoms with Gasteiger partial charge in [-0.1, -0.05) is 32.9 Å². The van der Waals surface area contributed by atoms with Crippen LogP contribution in [-0.2, 0) is 18.3 Å². The molecule has 0 radical (unpaired) electrons. The summed E-state index contributed by atoms with van der Waals surface area (Å²) in [5.41, 5.74) is 6.07. The summed E-state index contributed by atoms with van der Waals surface area (Å²) >= 11 is 0. The summed E-state index contributed by atoms with van der Waals surface area (Å²) < 4.78 is 6.00. The second kappa shape index (κ2) is 3.88. The van der Waals surface area contributed by atoms with Crippen molar-refractivity contribution in [3.8, 4) is 0 Å². The first-order chi connectivity index (χ1) is 9.49. The van der Waals surface area contributed by atoms with Gasteiger partial charge in [-0.25, -0.2) is 0 Å². The first-order valence-electron chi connectivity index (χ1n) is 7.72. The van der Waals surface area contributed by atoms with Crippen molar-refractivity contribution < 1.29 is 4.42 Å². The van der Waals surface area contributed by atoms with E-state index in [0.717, 1.165) is 12.1 Å². The summed E-state index contributed by atoms with van der Waals surface area (Å²) in [6.45, 7) is 9.10. The molecule has 1 aromatic carbocycles. The monoisotopic (exact) mass is 269 g/mol. The molecule has 0 bridgehead atoms. The van der Waals surface area contributed by atoms with Crippen molar-refractivity contribution in [1.29, 1.82) is 0 Å². The molecule has 2 aromatic rings. The van der Waals surface area contributed by atoms with Crippen LogP contribution in [0.15, 0.2) is 22.8 Å². The third-order valence-electron chi connectivity index (χ3n) is 5.20.